The molecule has 1 saturated heterocycles. The average Bonchev–Trinajstić information content (AvgIpc) is 2.43. The molecule has 118 valence electrons. The van der Waals surface area contributed by atoms with Crippen LogP contribution in [0.4, 0.5) is 0 Å². The first kappa shape index (κ1) is 16.2. The van der Waals surface area contributed by atoms with E-state index in [0.717, 1.165) is 31.5 Å². The number of aliphatic hydroxyl groups is 1. The summed E-state index contributed by atoms with van der Waals surface area (Å²) in [5, 5.41) is 12.9. The second-order valence-electron chi connectivity index (χ2n) is 7.05. The van der Waals surface area contributed by atoms with Crippen molar-refractivity contribution in [2.75, 3.05) is 33.4 Å². The summed E-state index contributed by atoms with van der Waals surface area (Å²) in [6.07, 6.45) is 2.62. The first-order chi connectivity index (χ1) is 9.55. The maximum Gasteiger partial charge on any atom is 0.0933 e. The van der Waals surface area contributed by atoms with Gasteiger partial charge in [-0.15, -0.1) is 0 Å². The molecule has 20 heavy (non-hydrogen) atoms. The van der Waals surface area contributed by atoms with Crippen molar-refractivity contribution in [3.05, 3.63) is 0 Å². The molecule has 4 heteroatoms. The molecule has 2 fully saturated rings. The lowest BCUT2D eigenvalue weighted by Crippen LogP contribution is -2.55. The van der Waals surface area contributed by atoms with E-state index in [0.29, 0.717) is 18.0 Å². The van der Waals surface area contributed by atoms with Gasteiger partial charge in [-0.05, 0) is 44.6 Å². The Kier molecular flexibility index (Phi) is 5.84. The Labute approximate surface area is 123 Å². The van der Waals surface area contributed by atoms with Crippen LogP contribution >= 0.6 is 0 Å². The third-order valence-electron chi connectivity index (χ3n) is 5.33. The molecule has 1 saturated carbocycles. The molecular weight excluding hydrogens is 252 g/mol. The molecule has 6 atom stereocenters. The van der Waals surface area contributed by atoms with Crippen LogP contribution in [0.3, 0.4) is 0 Å². The molecule has 2 N–H and O–H groups in total. The molecule has 2 rings (SSSR count). The van der Waals surface area contributed by atoms with E-state index in [1.165, 1.54) is 12.8 Å². The number of nitrogens with one attached hydrogen (secondary N) is 1. The van der Waals surface area contributed by atoms with E-state index in [-0.39, 0.29) is 12.7 Å². The third kappa shape index (κ3) is 3.73. The van der Waals surface area contributed by atoms with Crippen LogP contribution in [0.1, 0.15) is 33.6 Å². The maximum atomic E-state index is 9.32. The van der Waals surface area contributed by atoms with Crippen molar-refractivity contribution in [3.63, 3.8) is 0 Å². The molecule has 2 aliphatic rings. The van der Waals surface area contributed by atoms with Gasteiger partial charge >= 0.3 is 0 Å². The molecule has 0 bridgehead atoms. The predicted octanol–water partition coefficient (Wildman–Crippen LogP) is 1.34. The lowest BCUT2D eigenvalue weighted by molar-refractivity contribution is -0.0865. The van der Waals surface area contributed by atoms with Gasteiger partial charge in [0.25, 0.3) is 0 Å². The van der Waals surface area contributed by atoms with E-state index in [4.69, 9.17) is 4.74 Å². The fourth-order valence-electron chi connectivity index (χ4n) is 4.06. The minimum atomic E-state index is -0.00273. The molecule has 0 radical (unpaired) electrons. The number of ether oxygens (including phenoxy) is 1. The fraction of sp³-hybridized carbons (Fsp3) is 1.00. The summed E-state index contributed by atoms with van der Waals surface area (Å²) in [5.74, 6) is 2.29. The molecule has 4 nitrogen and oxygen atoms in total. The molecule has 0 aromatic carbocycles. The topological polar surface area (TPSA) is 44.7 Å². The summed E-state index contributed by atoms with van der Waals surface area (Å²) < 4.78 is 5.65. The van der Waals surface area contributed by atoms with Gasteiger partial charge in [-0.1, -0.05) is 13.8 Å². The predicted molar refractivity (Wildman–Crippen MR) is 81.8 cm³/mol. The van der Waals surface area contributed by atoms with Crippen molar-refractivity contribution in [1.29, 1.82) is 0 Å². The normalized spacial score (nSPS) is 43.6. The summed E-state index contributed by atoms with van der Waals surface area (Å²) in [6, 6.07) is 1.08. The Morgan fingerprint density at radius 3 is 2.65 bits per heavy atom. The summed E-state index contributed by atoms with van der Waals surface area (Å²) >= 11 is 0. The quantitative estimate of drug-likeness (QED) is 0.818. The Morgan fingerprint density at radius 1 is 1.25 bits per heavy atom. The Hall–Kier alpha value is -0.160. The van der Waals surface area contributed by atoms with Crippen LogP contribution in [0, 0.1) is 17.8 Å². The first-order valence-electron chi connectivity index (χ1n) is 8.18. The van der Waals surface area contributed by atoms with E-state index in [1.807, 2.05) is 0 Å². The van der Waals surface area contributed by atoms with Crippen LogP contribution in [0.15, 0.2) is 0 Å². The summed E-state index contributed by atoms with van der Waals surface area (Å²) in [5.41, 5.74) is 0. The molecular formula is C16H32N2O2. The van der Waals surface area contributed by atoms with Gasteiger partial charge in [-0.25, -0.2) is 0 Å². The van der Waals surface area contributed by atoms with Crippen molar-refractivity contribution in [2.24, 2.45) is 17.8 Å². The highest BCUT2D eigenvalue weighted by molar-refractivity contribution is 4.90. The van der Waals surface area contributed by atoms with Crippen molar-refractivity contribution in [2.45, 2.75) is 51.8 Å². The van der Waals surface area contributed by atoms with Gasteiger partial charge in [0.05, 0.1) is 19.3 Å². The molecule has 0 spiro atoms. The molecule has 1 aliphatic heterocycles. The molecule has 1 aliphatic carbocycles. The zero-order valence-corrected chi connectivity index (χ0v) is 13.5. The van der Waals surface area contributed by atoms with E-state index in [2.05, 4.69) is 38.0 Å². The van der Waals surface area contributed by atoms with Gasteiger partial charge in [0.2, 0.25) is 0 Å². The van der Waals surface area contributed by atoms with Crippen molar-refractivity contribution in [3.8, 4) is 0 Å². The van der Waals surface area contributed by atoms with Crippen LogP contribution in [0.25, 0.3) is 0 Å². The number of rotatable bonds is 4. The summed E-state index contributed by atoms with van der Waals surface area (Å²) in [4.78, 5) is 2.52. The standard InChI is InChI=1S/C16H32N2O2/c1-11-5-12(2)15(16(6-11)17-4)8-18-7-14(9-19)20-10-13(18)3/h11-17,19H,5-10H2,1-4H3. The van der Waals surface area contributed by atoms with E-state index in [9.17, 15) is 5.11 Å². The lowest BCUT2D eigenvalue weighted by Gasteiger charge is -2.45. The number of aliphatic hydroxyl groups excluding tert-OH is 1. The van der Waals surface area contributed by atoms with Crippen molar-refractivity contribution < 1.29 is 9.84 Å². The van der Waals surface area contributed by atoms with Crippen LogP contribution < -0.4 is 5.32 Å². The monoisotopic (exact) mass is 284 g/mol. The summed E-state index contributed by atoms with van der Waals surface area (Å²) in [7, 11) is 2.10. The average molecular weight is 284 g/mol. The molecule has 1 heterocycles. The number of nitrogens with zero attached hydrogens (tertiary/aromatic N) is 1. The van der Waals surface area contributed by atoms with Gasteiger partial charge in [0.15, 0.2) is 0 Å². The van der Waals surface area contributed by atoms with Crippen molar-refractivity contribution in [1.82, 2.24) is 10.2 Å². The van der Waals surface area contributed by atoms with Crippen LogP contribution in [-0.4, -0.2) is 61.5 Å². The molecule has 6 unspecified atom stereocenters. The second-order valence-corrected chi connectivity index (χ2v) is 7.05. The largest absolute Gasteiger partial charge is 0.394 e. The Bertz CT molecular complexity index is 300. The van der Waals surface area contributed by atoms with E-state index >= 15 is 0 Å². The molecule has 0 aromatic rings. The van der Waals surface area contributed by atoms with E-state index in [1.54, 1.807) is 0 Å². The minimum absolute atomic E-state index is 0.00273. The zero-order valence-electron chi connectivity index (χ0n) is 13.5. The second kappa shape index (κ2) is 7.21. The van der Waals surface area contributed by atoms with E-state index < -0.39 is 0 Å². The van der Waals surface area contributed by atoms with Crippen LogP contribution in [0.2, 0.25) is 0 Å². The Morgan fingerprint density at radius 2 is 2.00 bits per heavy atom. The van der Waals surface area contributed by atoms with Gasteiger partial charge in [0.1, 0.15) is 0 Å². The minimum Gasteiger partial charge on any atom is -0.394 e. The highest BCUT2D eigenvalue weighted by Crippen LogP contribution is 2.34. The molecule has 0 amide bonds. The lowest BCUT2D eigenvalue weighted by atomic mass is 9.72. The van der Waals surface area contributed by atoms with Crippen LogP contribution in [0.5, 0.6) is 0 Å². The highest BCUT2D eigenvalue weighted by Gasteiger charge is 2.36. The highest BCUT2D eigenvalue weighted by atomic mass is 16.5. The molecule has 0 aromatic heterocycles. The third-order valence-corrected chi connectivity index (χ3v) is 5.33. The van der Waals surface area contributed by atoms with Gasteiger partial charge in [-0.2, -0.15) is 0 Å². The number of morpholine rings is 1. The Balaban J connectivity index is 1.98. The summed E-state index contributed by atoms with van der Waals surface area (Å²) in [6.45, 7) is 9.88. The van der Waals surface area contributed by atoms with Gasteiger partial charge in [-0.3, -0.25) is 4.90 Å². The zero-order chi connectivity index (χ0) is 14.7. The SMILES string of the molecule is CNC1CC(C)CC(C)C1CN1CC(CO)OCC1C. The first-order valence-corrected chi connectivity index (χ1v) is 8.18. The van der Waals surface area contributed by atoms with Gasteiger partial charge in [0, 0.05) is 25.2 Å². The fourth-order valence-corrected chi connectivity index (χ4v) is 4.06. The van der Waals surface area contributed by atoms with Crippen LogP contribution in [-0.2, 0) is 4.74 Å². The number of hydrogen-bond acceptors (Lipinski definition) is 4. The van der Waals surface area contributed by atoms with Gasteiger partial charge < -0.3 is 15.2 Å². The smallest absolute Gasteiger partial charge is 0.0933 e. The van der Waals surface area contributed by atoms with Crippen molar-refractivity contribution >= 4 is 0 Å². The number of hydrogen-bond donors (Lipinski definition) is 2. The maximum absolute atomic E-state index is 9.32.